The molecule has 0 unspecified atom stereocenters. The van der Waals surface area contributed by atoms with Crippen molar-refractivity contribution in [2.24, 2.45) is 5.73 Å². The van der Waals surface area contributed by atoms with Gasteiger partial charge in [-0.3, -0.25) is 0 Å². The Morgan fingerprint density at radius 3 is 2.67 bits per heavy atom. The van der Waals surface area contributed by atoms with Gasteiger partial charge in [-0.2, -0.15) is 0 Å². The summed E-state index contributed by atoms with van der Waals surface area (Å²) >= 11 is 0. The number of aryl methyl sites for hydroxylation is 1. The van der Waals surface area contributed by atoms with Crippen molar-refractivity contribution in [2.45, 2.75) is 13.5 Å². The second-order valence-electron chi connectivity index (χ2n) is 4.82. The number of hydrogen-bond donors (Lipinski definition) is 1. The van der Waals surface area contributed by atoms with Gasteiger partial charge < -0.3 is 5.73 Å². The molecule has 3 rings (SSSR count). The van der Waals surface area contributed by atoms with Crippen molar-refractivity contribution in [3.63, 3.8) is 0 Å². The van der Waals surface area contributed by atoms with Crippen LogP contribution in [0.2, 0.25) is 0 Å². The first kappa shape index (κ1) is 13.5. The summed E-state index contributed by atoms with van der Waals surface area (Å²) in [4.78, 5) is 0. The van der Waals surface area contributed by atoms with Crippen molar-refractivity contribution < 1.29 is 4.39 Å². The van der Waals surface area contributed by atoms with Crippen LogP contribution in [0.3, 0.4) is 0 Å². The maximum absolute atomic E-state index is 14.0. The summed E-state index contributed by atoms with van der Waals surface area (Å²) in [6.07, 6.45) is 0. The fourth-order valence-electron chi connectivity index (χ4n) is 2.32. The Balaban J connectivity index is 2.24. The van der Waals surface area contributed by atoms with Gasteiger partial charge in [0.1, 0.15) is 17.2 Å². The van der Waals surface area contributed by atoms with E-state index < -0.39 is 0 Å². The molecule has 106 valence electrons. The number of nitrogens with two attached hydrogens (primary N) is 1. The first-order valence-electron chi connectivity index (χ1n) is 6.67. The lowest BCUT2D eigenvalue weighted by Crippen LogP contribution is -2.04. The third-order valence-corrected chi connectivity index (χ3v) is 3.31. The SMILES string of the molecule is Cc1cccc(-c2c(CN)nnn2-c2ccccc2F)c1. The Kier molecular flexibility index (Phi) is 3.50. The van der Waals surface area contributed by atoms with E-state index in [1.165, 1.54) is 10.7 Å². The first-order valence-corrected chi connectivity index (χ1v) is 6.67. The lowest BCUT2D eigenvalue weighted by molar-refractivity contribution is 0.608. The molecule has 1 heterocycles. The first-order chi connectivity index (χ1) is 10.2. The molecular formula is C16H15FN4. The third-order valence-electron chi connectivity index (χ3n) is 3.31. The monoisotopic (exact) mass is 282 g/mol. The van der Waals surface area contributed by atoms with Crippen LogP contribution in [0, 0.1) is 12.7 Å². The van der Waals surface area contributed by atoms with Gasteiger partial charge in [0, 0.05) is 12.1 Å². The van der Waals surface area contributed by atoms with E-state index in [9.17, 15) is 4.39 Å². The molecule has 0 aliphatic carbocycles. The van der Waals surface area contributed by atoms with Crippen LogP contribution in [-0.4, -0.2) is 15.0 Å². The quantitative estimate of drug-likeness (QED) is 0.803. The van der Waals surface area contributed by atoms with Gasteiger partial charge in [-0.15, -0.1) is 5.10 Å². The van der Waals surface area contributed by atoms with Gasteiger partial charge in [0.15, 0.2) is 0 Å². The van der Waals surface area contributed by atoms with E-state index in [4.69, 9.17) is 5.73 Å². The van der Waals surface area contributed by atoms with E-state index >= 15 is 0 Å². The topological polar surface area (TPSA) is 56.7 Å². The minimum atomic E-state index is -0.347. The third kappa shape index (κ3) is 2.43. The van der Waals surface area contributed by atoms with Crippen LogP contribution in [0.15, 0.2) is 48.5 Å². The molecule has 0 fully saturated rings. The van der Waals surface area contributed by atoms with E-state index in [2.05, 4.69) is 10.3 Å². The Bertz CT molecular complexity index is 779. The molecule has 2 N–H and O–H groups in total. The maximum Gasteiger partial charge on any atom is 0.148 e. The number of halogens is 1. The van der Waals surface area contributed by atoms with Crippen molar-refractivity contribution in [2.75, 3.05) is 0 Å². The van der Waals surface area contributed by atoms with E-state index in [1.54, 1.807) is 18.2 Å². The highest BCUT2D eigenvalue weighted by atomic mass is 19.1. The molecular weight excluding hydrogens is 267 g/mol. The number of aromatic nitrogens is 3. The van der Waals surface area contributed by atoms with Crippen LogP contribution >= 0.6 is 0 Å². The summed E-state index contributed by atoms with van der Waals surface area (Å²) in [5, 5.41) is 8.15. The minimum absolute atomic E-state index is 0.248. The zero-order chi connectivity index (χ0) is 14.8. The van der Waals surface area contributed by atoms with E-state index in [1.807, 2.05) is 31.2 Å². The Morgan fingerprint density at radius 2 is 1.95 bits per heavy atom. The van der Waals surface area contributed by atoms with Crippen LogP contribution in [0.25, 0.3) is 16.9 Å². The predicted octanol–water partition coefficient (Wildman–Crippen LogP) is 2.84. The van der Waals surface area contributed by atoms with Crippen LogP contribution in [0.4, 0.5) is 4.39 Å². The van der Waals surface area contributed by atoms with Gasteiger partial charge in [0.2, 0.25) is 0 Å². The van der Waals surface area contributed by atoms with Crippen LogP contribution in [-0.2, 0) is 6.54 Å². The Labute approximate surface area is 122 Å². The van der Waals surface area contributed by atoms with Gasteiger partial charge >= 0.3 is 0 Å². The Morgan fingerprint density at radius 1 is 1.14 bits per heavy atom. The summed E-state index contributed by atoms with van der Waals surface area (Å²) in [6, 6.07) is 14.4. The molecule has 1 aromatic heterocycles. The molecule has 3 aromatic rings. The highest BCUT2D eigenvalue weighted by molar-refractivity contribution is 5.65. The number of nitrogens with zero attached hydrogens (tertiary/aromatic N) is 3. The lowest BCUT2D eigenvalue weighted by Gasteiger charge is -2.09. The van der Waals surface area contributed by atoms with Gasteiger partial charge in [-0.25, -0.2) is 9.07 Å². The number of benzene rings is 2. The number of hydrogen-bond acceptors (Lipinski definition) is 3. The lowest BCUT2D eigenvalue weighted by atomic mass is 10.1. The molecule has 2 aromatic carbocycles. The second kappa shape index (κ2) is 5.46. The van der Waals surface area contributed by atoms with Crippen molar-refractivity contribution in [3.05, 3.63) is 65.6 Å². The predicted molar refractivity (Wildman–Crippen MR) is 79.4 cm³/mol. The summed E-state index contributed by atoms with van der Waals surface area (Å²) in [7, 11) is 0. The minimum Gasteiger partial charge on any atom is -0.325 e. The molecule has 0 amide bonds. The zero-order valence-corrected chi connectivity index (χ0v) is 11.6. The molecule has 0 spiro atoms. The summed E-state index contributed by atoms with van der Waals surface area (Å²) in [5.41, 5.74) is 9.51. The molecule has 0 saturated heterocycles. The van der Waals surface area contributed by atoms with Crippen LogP contribution in [0.5, 0.6) is 0 Å². The van der Waals surface area contributed by atoms with Gasteiger partial charge in [-0.05, 0) is 25.1 Å². The summed E-state index contributed by atoms with van der Waals surface area (Å²) in [5.74, 6) is -0.347. The number of para-hydroxylation sites is 1. The standard InChI is InChI=1S/C16H15FN4/c1-11-5-4-6-12(9-11)16-14(10-18)19-20-21(16)15-8-3-2-7-13(15)17/h2-9H,10,18H2,1H3. The molecule has 4 nitrogen and oxygen atoms in total. The van der Waals surface area contributed by atoms with E-state index in [-0.39, 0.29) is 12.4 Å². The van der Waals surface area contributed by atoms with Crippen LogP contribution in [0.1, 0.15) is 11.3 Å². The van der Waals surface area contributed by atoms with Crippen molar-refractivity contribution >= 4 is 0 Å². The fraction of sp³-hybridized carbons (Fsp3) is 0.125. The molecule has 0 bridgehead atoms. The highest BCUT2D eigenvalue weighted by Crippen LogP contribution is 2.26. The smallest absolute Gasteiger partial charge is 0.148 e. The van der Waals surface area contributed by atoms with Crippen molar-refractivity contribution in [1.82, 2.24) is 15.0 Å². The summed E-state index contributed by atoms with van der Waals surface area (Å²) < 4.78 is 15.5. The Hall–Kier alpha value is -2.53. The second-order valence-corrected chi connectivity index (χ2v) is 4.82. The molecule has 0 aliphatic heterocycles. The van der Waals surface area contributed by atoms with Crippen molar-refractivity contribution in [1.29, 1.82) is 0 Å². The molecule has 0 aliphatic rings. The van der Waals surface area contributed by atoms with E-state index in [0.717, 1.165) is 16.8 Å². The molecule has 0 atom stereocenters. The average Bonchev–Trinajstić information content (AvgIpc) is 2.91. The van der Waals surface area contributed by atoms with Crippen LogP contribution < -0.4 is 5.73 Å². The van der Waals surface area contributed by atoms with E-state index in [0.29, 0.717) is 11.4 Å². The average molecular weight is 282 g/mol. The molecule has 0 saturated carbocycles. The van der Waals surface area contributed by atoms with Gasteiger partial charge in [0.05, 0.1) is 5.69 Å². The highest BCUT2D eigenvalue weighted by Gasteiger charge is 2.17. The zero-order valence-electron chi connectivity index (χ0n) is 11.6. The molecule has 21 heavy (non-hydrogen) atoms. The van der Waals surface area contributed by atoms with Gasteiger partial charge in [-0.1, -0.05) is 41.1 Å². The fourth-order valence-corrected chi connectivity index (χ4v) is 2.32. The normalized spacial score (nSPS) is 10.8. The summed E-state index contributed by atoms with van der Waals surface area (Å²) in [6.45, 7) is 2.25. The molecule has 0 radical (unpaired) electrons. The molecule has 5 heteroatoms. The number of rotatable bonds is 3. The van der Waals surface area contributed by atoms with Crippen molar-refractivity contribution in [3.8, 4) is 16.9 Å². The maximum atomic E-state index is 14.0. The van der Waals surface area contributed by atoms with Gasteiger partial charge in [0.25, 0.3) is 0 Å². The largest absolute Gasteiger partial charge is 0.325 e.